The molecule has 0 aromatic rings. The van der Waals surface area contributed by atoms with Crippen LogP contribution in [0.15, 0.2) is 0 Å². The van der Waals surface area contributed by atoms with Gasteiger partial charge in [-0.1, -0.05) is 20.3 Å². The summed E-state index contributed by atoms with van der Waals surface area (Å²) in [5, 5.41) is 20.4. The number of piperidine rings is 1. The van der Waals surface area contributed by atoms with Crippen LogP contribution in [0.5, 0.6) is 0 Å². The van der Waals surface area contributed by atoms with E-state index < -0.39 is 5.60 Å². The Morgan fingerprint density at radius 1 is 1.12 bits per heavy atom. The van der Waals surface area contributed by atoms with Crippen molar-refractivity contribution in [2.75, 3.05) is 26.2 Å². The van der Waals surface area contributed by atoms with E-state index in [9.17, 15) is 10.2 Å². The third kappa shape index (κ3) is 2.38. The zero-order chi connectivity index (χ0) is 12.5. The highest BCUT2D eigenvalue weighted by molar-refractivity contribution is 5.05. The van der Waals surface area contributed by atoms with Crippen molar-refractivity contribution >= 4 is 0 Å². The highest BCUT2D eigenvalue weighted by Crippen LogP contribution is 2.52. The fourth-order valence-corrected chi connectivity index (χ4v) is 3.53. The fraction of sp³-hybridized carbons (Fsp3) is 1.00. The zero-order valence-corrected chi connectivity index (χ0v) is 11.3. The van der Waals surface area contributed by atoms with Crippen molar-refractivity contribution in [3.8, 4) is 0 Å². The maximum atomic E-state index is 10.8. The first-order chi connectivity index (χ1) is 8.01. The van der Waals surface area contributed by atoms with Crippen molar-refractivity contribution in [3.05, 3.63) is 0 Å². The van der Waals surface area contributed by atoms with Gasteiger partial charge in [0, 0.05) is 25.0 Å². The fourth-order valence-electron chi connectivity index (χ4n) is 3.53. The van der Waals surface area contributed by atoms with E-state index in [1.54, 1.807) is 0 Å². The molecule has 1 aliphatic carbocycles. The first-order valence-corrected chi connectivity index (χ1v) is 7.07. The molecular formula is C14H27NO2. The Morgan fingerprint density at radius 2 is 1.71 bits per heavy atom. The van der Waals surface area contributed by atoms with Crippen LogP contribution in [-0.2, 0) is 0 Å². The van der Waals surface area contributed by atoms with Gasteiger partial charge in [-0.3, -0.25) is 0 Å². The minimum absolute atomic E-state index is 0.160. The minimum atomic E-state index is -0.604. The van der Waals surface area contributed by atoms with Gasteiger partial charge >= 0.3 is 0 Å². The van der Waals surface area contributed by atoms with Crippen LogP contribution in [0.2, 0.25) is 0 Å². The summed E-state index contributed by atoms with van der Waals surface area (Å²) in [6.07, 6.45) is 4.84. The number of aliphatic hydroxyl groups excluding tert-OH is 1. The average Bonchev–Trinajstić information content (AvgIpc) is 2.20. The van der Waals surface area contributed by atoms with Crippen molar-refractivity contribution in [1.29, 1.82) is 0 Å². The van der Waals surface area contributed by atoms with Crippen LogP contribution in [0.1, 0.15) is 46.0 Å². The molecule has 0 unspecified atom stereocenters. The van der Waals surface area contributed by atoms with E-state index in [0.717, 1.165) is 45.3 Å². The molecule has 0 bridgehead atoms. The summed E-state index contributed by atoms with van der Waals surface area (Å²) >= 11 is 0. The molecule has 0 amide bonds. The molecule has 1 heterocycles. The van der Waals surface area contributed by atoms with Gasteiger partial charge in [0.05, 0.1) is 12.2 Å². The van der Waals surface area contributed by atoms with Gasteiger partial charge in [0.25, 0.3) is 0 Å². The molecule has 17 heavy (non-hydrogen) atoms. The molecule has 2 fully saturated rings. The lowest BCUT2D eigenvalue weighted by molar-refractivity contribution is -0.175. The van der Waals surface area contributed by atoms with Crippen LogP contribution in [0.25, 0.3) is 0 Å². The second kappa shape index (κ2) is 4.87. The van der Waals surface area contributed by atoms with E-state index in [0.29, 0.717) is 5.92 Å². The normalized spacial score (nSPS) is 28.1. The predicted molar refractivity (Wildman–Crippen MR) is 68.8 cm³/mol. The standard InChI is InChI=1S/C14H27NO2/c1-12(2)10-15-8-6-14(17,7-9-15)13(11-16)4-3-5-13/h12,16-17H,3-11H2,1-2H3. The third-order valence-corrected chi connectivity index (χ3v) is 4.91. The van der Waals surface area contributed by atoms with Gasteiger partial charge in [0.15, 0.2) is 0 Å². The Morgan fingerprint density at radius 3 is 2.06 bits per heavy atom. The molecule has 3 nitrogen and oxygen atoms in total. The quantitative estimate of drug-likeness (QED) is 0.786. The molecule has 2 N–H and O–H groups in total. The first-order valence-electron chi connectivity index (χ1n) is 7.07. The van der Waals surface area contributed by atoms with Gasteiger partial charge in [-0.15, -0.1) is 0 Å². The first kappa shape index (κ1) is 13.3. The number of hydrogen-bond donors (Lipinski definition) is 2. The van der Waals surface area contributed by atoms with Gasteiger partial charge in [-0.25, -0.2) is 0 Å². The number of nitrogens with zero attached hydrogens (tertiary/aromatic N) is 1. The SMILES string of the molecule is CC(C)CN1CCC(O)(C2(CO)CCC2)CC1. The van der Waals surface area contributed by atoms with Crippen LogP contribution in [0, 0.1) is 11.3 Å². The maximum absolute atomic E-state index is 10.8. The van der Waals surface area contributed by atoms with Gasteiger partial charge in [-0.05, 0) is 31.6 Å². The van der Waals surface area contributed by atoms with Crippen LogP contribution in [0.3, 0.4) is 0 Å². The van der Waals surface area contributed by atoms with Crippen LogP contribution in [-0.4, -0.2) is 47.0 Å². The van der Waals surface area contributed by atoms with E-state index in [4.69, 9.17) is 0 Å². The largest absolute Gasteiger partial charge is 0.396 e. The van der Waals surface area contributed by atoms with Gasteiger partial charge in [-0.2, -0.15) is 0 Å². The Labute approximate surface area is 105 Å². The van der Waals surface area contributed by atoms with Crippen molar-refractivity contribution in [3.63, 3.8) is 0 Å². The minimum Gasteiger partial charge on any atom is -0.396 e. The van der Waals surface area contributed by atoms with Crippen molar-refractivity contribution < 1.29 is 10.2 Å². The maximum Gasteiger partial charge on any atom is 0.0750 e. The van der Waals surface area contributed by atoms with Crippen molar-refractivity contribution in [1.82, 2.24) is 4.90 Å². The molecular weight excluding hydrogens is 214 g/mol. The molecule has 2 aliphatic rings. The number of aliphatic hydroxyl groups is 2. The van der Waals surface area contributed by atoms with E-state index >= 15 is 0 Å². The molecule has 0 radical (unpaired) electrons. The topological polar surface area (TPSA) is 43.7 Å². The molecule has 0 aromatic carbocycles. The van der Waals surface area contributed by atoms with Gasteiger partial charge < -0.3 is 15.1 Å². The summed E-state index contributed by atoms with van der Waals surface area (Å²) in [6, 6.07) is 0. The summed E-state index contributed by atoms with van der Waals surface area (Å²) in [5.74, 6) is 0.691. The lowest BCUT2D eigenvalue weighted by Crippen LogP contribution is -2.59. The average molecular weight is 241 g/mol. The Bertz CT molecular complexity index is 247. The van der Waals surface area contributed by atoms with Crippen molar-refractivity contribution in [2.45, 2.75) is 51.6 Å². The van der Waals surface area contributed by atoms with Crippen LogP contribution >= 0.6 is 0 Å². The summed E-state index contributed by atoms with van der Waals surface area (Å²) in [7, 11) is 0. The van der Waals surface area contributed by atoms with Gasteiger partial charge in [0.1, 0.15) is 0 Å². The van der Waals surface area contributed by atoms with Crippen LogP contribution < -0.4 is 0 Å². The number of rotatable bonds is 4. The predicted octanol–water partition coefficient (Wildman–Crippen LogP) is 1.63. The molecule has 0 aromatic heterocycles. The number of likely N-dealkylation sites (tertiary alicyclic amines) is 1. The van der Waals surface area contributed by atoms with E-state index in [1.165, 1.54) is 6.42 Å². The highest BCUT2D eigenvalue weighted by Gasteiger charge is 2.54. The molecule has 2 rings (SSSR count). The Kier molecular flexibility index (Phi) is 3.81. The molecule has 1 saturated heterocycles. The third-order valence-electron chi connectivity index (χ3n) is 4.91. The number of hydrogen-bond acceptors (Lipinski definition) is 3. The molecule has 1 aliphatic heterocycles. The Balaban J connectivity index is 1.92. The summed E-state index contributed by atoms with van der Waals surface area (Å²) in [4.78, 5) is 2.45. The molecule has 1 saturated carbocycles. The van der Waals surface area contributed by atoms with Crippen LogP contribution in [0.4, 0.5) is 0 Å². The summed E-state index contributed by atoms with van der Waals surface area (Å²) < 4.78 is 0. The molecule has 0 spiro atoms. The second-order valence-electron chi connectivity index (χ2n) is 6.52. The lowest BCUT2D eigenvalue weighted by atomic mass is 9.56. The monoisotopic (exact) mass is 241 g/mol. The zero-order valence-electron chi connectivity index (χ0n) is 11.3. The van der Waals surface area contributed by atoms with E-state index in [2.05, 4.69) is 18.7 Å². The van der Waals surface area contributed by atoms with Gasteiger partial charge in [0.2, 0.25) is 0 Å². The molecule has 0 atom stereocenters. The summed E-state index contributed by atoms with van der Waals surface area (Å²) in [5.41, 5.74) is -0.773. The van der Waals surface area contributed by atoms with Crippen molar-refractivity contribution in [2.24, 2.45) is 11.3 Å². The summed E-state index contributed by atoms with van der Waals surface area (Å²) in [6.45, 7) is 7.73. The Hall–Kier alpha value is -0.120. The van der Waals surface area contributed by atoms with E-state index in [1.807, 2.05) is 0 Å². The second-order valence-corrected chi connectivity index (χ2v) is 6.52. The molecule has 3 heteroatoms. The lowest BCUT2D eigenvalue weighted by Gasteiger charge is -2.55. The smallest absolute Gasteiger partial charge is 0.0750 e. The highest BCUT2D eigenvalue weighted by atomic mass is 16.3. The van der Waals surface area contributed by atoms with E-state index in [-0.39, 0.29) is 12.0 Å². The molecule has 100 valence electrons.